The van der Waals surface area contributed by atoms with Crippen molar-refractivity contribution in [1.82, 2.24) is 14.5 Å². The number of aromatic amines is 1. The van der Waals surface area contributed by atoms with E-state index in [1.165, 1.54) is 0 Å². The molecular weight excluding hydrogens is 270 g/mol. The van der Waals surface area contributed by atoms with Gasteiger partial charge in [-0.3, -0.25) is 4.57 Å². The summed E-state index contributed by atoms with van der Waals surface area (Å²) < 4.78 is 12.7. The predicted molar refractivity (Wildman–Crippen MR) is 78.9 cm³/mol. The van der Waals surface area contributed by atoms with Crippen LogP contribution in [0.4, 0.5) is 0 Å². The van der Waals surface area contributed by atoms with E-state index in [4.69, 9.17) is 9.15 Å². The molecule has 0 saturated heterocycles. The van der Waals surface area contributed by atoms with Crippen molar-refractivity contribution in [2.45, 2.75) is 27.0 Å². The summed E-state index contributed by atoms with van der Waals surface area (Å²) in [6, 6.07) is 3.42. The van der Waals surface area contributed by atoms with E-state index in [0.29, 0.717) is 11.3 Å². The molecule has 0 bridgehead atoms. The Morgan fingerprint density at radius 3 is 2.95 bits per heavy atom. The number of fused-ring (bicyclic) bond motifs is 1. The molecule has 0 saturated carbocycles. The van der Waals surface area contributed by atoms with Gasteiger partial charge in [-0.1, -0.05) is 13.8 Å². The van der Waals surface area contributed by atoms with Gasteiger partial charge < -0.3 is 14.1 Å². The van der Waals surface area contributed by atoms with Crippen LogP contribution in [0, 0.1) is 12.8 Å². The Labute approximate surface area is 123 Å². The highest BCUT2D eigenvalue weighted by Gasteiger charge is 2.23. The molecular formula is C15H19N3O3. The number of carbonyl (C=O) groups excluding carboxylic acids is 1. The van der Waals surface area contributed by atoms with Gasteiger partial charge in [0.15, 0.2) is 11.8 Å². The molecule has 21 heavy (non-hydrogen) atoms. The van der Waals surface area contributed by atoms with Crippen molar-refractivity contribution >= 4 is 17.1 Å². The van der Waals surface area contributed by atoms with Gasteiger partial charge in [0, 0.05) is 31.9 Å². The Balaban J connectivity index is 0.00000176. The van der Waals surface area contributed by atoms with Gasteiger partial charge >= 0.3 is 5.97 Å². The molecule has 0 spiro atoms. The van der Waals surface area contributed by atoms with Crippen molar-refractivity contribution in [2.75, 3.05) is 0 Å². The Kier molecular flexibility index (Phi) is 3.29. The lowest BCUT2D eigenvalue weighted by Crippen LogP contribution is -2.23. The van der Waals surface area contributed by atoms with E-state index in [0.717, 1.165) is 11.3 Å². The number of rotatable bonds is 4. The van der Waals surface area contributed by atoms with Crippen molar-refractivity contribution in [1.29, 1.82) is 0 Å². The third kappa shape index (κ3) is 2.44. The van der Waals surface area contributed by atoms with Gasteiger partial charge in [-0.15, -0.1) is 0 Å². The van der Waals surface area contributed by atoms with Crippen LogP contribution in [0.15, 0.2) is 35.2 Å². The van der Waals surface area contributed by atoms with Crippen LogP contribution in [-0.4, -0.2) is 20.5 Å². The lowest BCUT2D eigenvalue weighted by molar-refractivity contribution is -0.0105. The Bertz CT molecular complexity index is 743. The average molecular weight is 289 g/mol. The number of imidazole rings is 1. The van der Waals surface area contributed by atoms with Crippen LogP contribution < -0.4 is 0 Å². The molecule has 6 nitrogen and oxygen atoms in total. The Morgan fingerprint density at radius 1 is 1.52 bits per heavy atom. The standard InChI is InChI=1S/C15H17N3O3.H2/c1-9(2)14(18-6-5-16-10(18)3)21-15(19)12-8-13-11(17-12)4-7-20-13;/h4-9,14,17H,1-3H3;1H. The molecule has 1 unspecified atom stereocenters. The first-order valence-electron chi connectivity index (χ1n) is 6.83. The fourth-order valence-corrected chi connectivity index (χ4v) is 2.30. The lowest BCUT2D eigenvalue weighted by Gasteiger charge is -2.23. The molecule has 112 valence electrons. The van der Waals surface area contributed by atoms with E-state index in [2.05, 4.69) is 9.97 Å². The number of furan rings is 1. The number of esters is 1. The zero-order valence-corrected chi connectivity index (χ0v) is 12.2. The molecule has 1 N–H and O–H groups in total. The van der Waals surface area contributed by atoms with Gasteiger partial charge in [-0.05, 0) is 6.92 Å². The summed E-state index contributed by atoms with van der Waals surface area (Å²) in [5.41, 5.74) is 1.80. The molecule has 3 aromatic heterocycles. The predicted octanol–water partition coefficient (Wildman–Crippen LogP) is 3.52. The third-order valence-corrected chi connectivity index (χ3v) is 3.39. The fraction of sp³-hybridized carbons (Fsp3) is 0.333. The molecule has 3 aromatic rings. The maximum atomic E-state index is 12.3. The maximum absolute atomic E-state index is 12.3. The topological polar surface area (TPSA) is 73.1 Å². The van der Waals surface area contributed by atoms with Crippen molar-refractivity contribution in [3.05, 3.63) is 42.3 Å². The van der Waals surface area contributed by atoms with Crippen LogP contribution in [0.25, 0.3) is 11.1 Å². The third-order valence-electron chi connectivity index (χ3n) is 3.39. The van der Waals surface area contributed by atoms with E-state index in [9.17, 15) is 4.79 Å². The Morgan fingerprint density at radius 2 is 2.33 bits per heavy atom. The first-order valence-corrected chi connectivity index (χ1v) is 6.83. The fourth-order valence-electron chi connectivity index (χ4n) is 2.30. The highest BCUT2D eigenvalue weighted by atomic mass is 16.6. The van der Waals surface area contributed by atoms with E-state index >= 15 is 0 Å². The minimum Gasteiger partial charge on any atom is -0.463 e. The van der Waals surface area contributed by atoms with Crippen molar-refractivity contribution < 1.29 is 15.4 Å². The van der Waals surface area contributed by atoms with Gasteiger partial charge in [0.1, 0.15) is 11.5 Å². The number of hydrogen-bond donors (Lipinski definition) is 1. The van der Waals surface area contributed by atoms with Crippen molar-refractivity contribution in [3.63, 3.8) is 0 Å². The molecule has 0 aliphatic heterocycles. The highest BCUT2D eigenvalue weighted by Crippen LogP contribution is 2.23. The second kappa shape index (κ2) is 5.12. The van der Waals surface area contributed by atoms with Crippen molar-refractivity contribution in [3.8, 4) is 0 Å². The van der Waals surface area contributed by atoms with Crippen LogP contribution >= 0.6 is 0 Å². The number of carbonyl (C=O) groups is 1. The first kappa shape index (κ1) is 13.5. The van der Waals surface area contributed by atoms with E-state index < -0.39 is 12.2 Å². The summed E-state index contributed by atoms with van der Waals surface area (Å²) in [4.78, 5) is 19.5. The second-order valence-corrected chi connectivity index (χ2v) is 5.30. The van der Waals surface area contributed by atoms with E-state index in [-0.39, 0.29) is 7.34 Å². The van der Waals surface area contributed by atoms with Crippen LogP contribution in [0.5, 0.6) is 0 Å². The molecule has 3 rings (SSSR count). The number of H-pyrrole nitrogens is 1. The molecule has 0 aliphatic rings. The van der Waals surface area contributed by atoms with E-state index in [1.54, 1.807) is 24.6 Å². The van der Waals surface area contributed by atoms with Crippen LogP contribution in [0.3, 0.4) is 0 Å². The summed E-state index contributed by atoms with van der Waals surface area (Å²) in [5.74, 6) is 0.523. The molecule has 3 heterocycles. The number of ether oxygens (including phenoxy) is 1. The number of nitrogens with zero attached hydrogens (tertiary/aromatic N) is 2. The van der Waals surface area contributed by atoms with Gasteiger partial charge in [0.2, 0.25) is 0 Å². The van der Waals surface area contributed by atoms with Crippen LogP contribution in [0.2, 0.25) is 0 Å². The summed E-state index contributed by atoms with van der Waals surface area (Å²) in [6.07, 6.45) is 4.69. The molecule has 1 atom stereocenters. The minimum atomic E-state index is -0.409. The SMILES string of the molecule is Cc1nccn1C(OC(=O)c1cc2occc2[nH]1)C(C)C.[HH]. The van der Waals surface area contributed by atoms with Crippen LogP contribution in [0.1, 0.15) is 37.8 Å². The minimum absolute atomic E-state index is 0. The maximum Gasteiger partial charge on any atom is 0.356 e. The van der Waals surface area contributed by atoms with Gasteiger partial charge in [0.25, 0.3) is 0 Å². The molecule has 0 amide bonds. The number of hydrogen-bond acceptors (Lipinski definition) is 4. The smallest absolute Gasteiger partial charge is 0.356 e. The normalized spacial score (nSPS) is 13.0. The average Bonchev–Trinajstić information content (AvgIpc) is 3.10. The van der Waals surface area contributed by atoms with Crippen LogP contribution in [-0.2, 0) is 4.74 Å². The quantitative estimate of drug-likeness (QED) is 0.746. The molecule has 6 heteroatoms. The van der Waals surface area contributed by atoms with Gasteiger partial charge in [-0.25, -0.2) is 9.78 Å². The first-order chi connectivity index (χ1) is 10.1. The number of aryl methyl sites for hydroxylation is 1. The molecule has 0 aromatic carbocycles. The van der Waals surface area contributed by atoms with Crippen molar-refractivity contribution in [2.24, 2.45) is 5.92 Å². The summed E-state index contributed by atoms with van der Waals surface area (Å²) in [6.45, 7) is 5.88. The largest absolute Gasteiger partial charge is 0.463 e. The molecule has 0 aliphatic carbocycles. The van der Waals surface area contributed by atoms with Gasteiger partial charge in [-0.2, -0.15) is 0 Å². The highest BCUT2D eigenvalue weighted by molar-refractivity contribution is 5.93. The lowest BCUT2D eigenvalue weighted by atomic mass is 10.2. The Hall–Kier alpha value is -2.50. The number of aromatic nitrogens is 3. The summed E-state index contributed by atoms with van der Waals surface area (Å²) >= 11 is 0. The number of nitrogens with one attached hydrogen (secondary N) is 1. The summed E-state index contributed by atoms with van der Waals surface area (Å²) in [7, 11) is 0. The second-order valence-electron chi connectivity index (χ2n) is 5.30. The molecule has 0 fully saturated rings. The monoisotopic (exact) mass is 289 g/mol. The van der Waals surface area contributed by atoms with Gasteiger partial charge in [0.05, 0.1) is 11.8 Å². The summed E-state index contributed by atoms with van der Waals surface area (Å²) in [5, 5.41) is 0. The zero-order chi connectivity index (χ0) is 15.0. The molecule has 0 radical (unpaired) electrons. The zero-order valence-electron chi connectivity index (χ0n) is 12.2. The van der Waals surface area contributed by atoms with E-state index in [1.807, 2.05) is 31.5 Å².